The number of carbonyl (C=O) groups excluding carboxylic acids is 1. The van der Waals surface area contributed by atoms with Gasteiger partial charge in [0.15, 0.2) is 0 Å². The van der Waals surface area contributed by atoms with E-state index in [-0.39, 0.29) is 12.5 Å². The van der Waals surface area contributed by atoms with Crippen molar-refractivity contribution in [1.82, 2.24) is 4.98 Å². The molecule has 0 atom stereocenters. The van der Waals surface area contributed by atoms with E-state index in [4.69, 9.17) is 5.73 Å². The van der Waals surface area contributed by atoms with Crippen LogP contribution in [0.4, 0.5) is 22.9 Å². The third-order valence-electron chi connectivity index (χ3n) is 2.87. The number of para-hydroxylation sites is 2. The number of pyridine rings is 1. The van der Waals surface area contributed by atoms with Gasteiger partial charge in [-0.25, -0.2) is 4.98 Å². The number of hydrogen-bond donors (Lipinski definition) is 2. The van der Waals surface area contributed by atoms with E-state index in [0.717, 1.165) is 15.8 Å². The van der Waals surface area contributed by atoms with Crippen LogP contribution >= 0.6 is 15.9 Å². The van der Waals surface area contributed by atoms with E-state index in [2.05, 4.69) is 26.2 Å². The lowest BCUT2D eigenvalue weighted by Crippen LogP contribution is -2.35. The molecule has 0 saturated carbocycles. The van der Waals surface area contributed by atoms with Gasteiger partial charge in [0.05, 0.1) is 27.7 Å². The summed E-state index contributed by atoms with van der Waals surface area (Å²) < 4.78 is 0.761. The van der Waals surface area contributed by atoms with Gasteiger partial charge in [0.2, 0.25) is 5.91 Å². The Labute approximate surface area is 118 Å². The Morgan fingerprint density at radius 1 is 1.37 bits per heavy atom. The summed E-state index contributed by atoms with van der Waals surface area (Å²) in [5, 5.41) is 2.84. The number of nitrogens with two attached hydrogens (primary N) is 1. The molecule has 0 aliphatic carbocycles. The molecular weight excluding hydrogens is 308 g/mol. The number of aromatic nitrogens is 1. The second kappa shape index (κ2) is 4.55. The first kappa shape index (κ1) is 12.0. The summed E-state index contributed by atoms with van der Waals surface area (Å²) in [4.78, 5) is 17.9. The van der Waals surface area contributed by atoms with Crippen LogP contribution in [-0.4, -0.2) is 17.4 Å². The Hall–Kier alpha value is -2.08. The van der Waals surface area contributed by atoms with Crippen LogP contribution in [-0.2, 0) is 4.79 Å². The Morgan fingerprint density at radius 2 is 2.16 bits per heavy atom. The molecule has 2 heterocycles. The van der Waals surface area contributed by atoms with Gasteiger partial charge in [-0.3, -0.25) is 4.79 Å². The molecule has 1 aromatic heterocycles. The second-order valence-corrected chi connectivity index (χ2v) is 5.08. The monoisotopic (exact) mass is 318 g/mol. The fourth-order valence-corrected chi connectivity index (χ4v) is 2.65. The molecular formula is C13H11BrN4O. The molecule has 19 heavy (non-hydrogen) atoms. The number of halogens is 1. The number of fused-ring (bicyclic) bond motifs is 1. The lowest BCUT2D eigenvalue weighted by Gasteiger charge is -2.30. The quantitative estimate of drug-likeness (QED) is 0.847. The van der Waals surface area contributed by atoms with E-state index in [1.165, 1.54) is 0 Å². The zero-order chi connectivity index (χ0) is 13.4. The summed E-state index contributed by atoms with van der Waals surface area (Å²) in [5.41, 5.74) is 7.96. The van der Waals surface area contributed by atoms with Crippen molar-refractivity contribution in [1.29, 1.82) is 0 Å². The smallest absolute Gasteiger partial charge is 0.244 e. The number of nitrogen functional groups attached to an aromatic ring is 1. The predicted octanol–water partition coefficient (Wildman–Crippen LogP) is 2.52. The van der Waals surface area contributed by atoms with Crippen molar-refractivity contribution in [3.63, 3.8) is 0 Å². The minimum atomic E-state index is -0.0655. The number of anilines is 4. The molecule has 0 radical (unpaired) electrons. The summed E-state index contributed by atoms with van der Waals surface area (Å²) >= 11 is 3.44. The van der Waals surface area contributed by atoms with Crippen molar-refractivity contribution in [2.45, 2.75) is 0 Å². The first-order valence-corrected chi connectivity index (χ1v) is 6.52. The van der Waals surface area contributed by atoms with E-state index in [1.807, 2.05) is 29.2 Å². The zero-order valence-electron chi connectivity index (χ0n) is 9.93. The SMILES string of the molecule is Nc1cnc(N2CC(=O)Nc3ccccc32)c(Br)c1. The summed E-state index contributed by atoms with van der Waals surface area (Å²) in [6, 6.07) is 9.39. The van der Waals surface area contributed by atoms with Gasteiger partial charge in [0.25, 0.3) is 0 Å². The molecule has 3 N–H and O–H groups in total. The van der Waals surface area contributed by atoms with Crippen LogP contribution in [0.2, 0.25) is 0 Å². The molecule has 0 bridgehead atoms. The maximum Gasteiger partial charge on any atom is 0.244 e. The van der Waals surface area contributed by atoms with Gasteiger partial charge in [-0.1, -0.05) is 12.1 Å². The van der Waals surface area contributed by atoms with E-state index in [1.54, 1.807) is 12.3 Å². The lowest BCUT2D eigenvalue weighted by molar-refractivity contribution is -0.115. The fourth-order valence-electron chi connectivity index (χ4n) is 2.07. The van der Waals surface area contributed by atoms with Crippen molar-refractivity contribution >= 4 is 44.7 Å². The van der Waals surface area contributed by atoms with Crippen LogP contribution in [0.15, 0.2) is 41.0 Å². The molecule has 3 rings (SSSR count). The van der Waals surface area contributed by atoms with Gasteiger partial charge in [0, 0.05) is 0 Å². The first-order chi connectivity index (χ1) is 9.15. The highest BCUT2D eigenvalue weighted by Gasteiger charge is 2.24. The summed E-state index contributed by atoms with van der Waals surface area (Å²) in [5.74, 6) is 0.612. The van der Waals surface area contributed by atoms with E-state index >= 15 is 0 Å². The number of benzene rings is 1. The van der Waals surface area contributed by atoms with Crippen molar-refractivity contribution in [2.75, 3.05) is 22.5 Å². The average Bonchev–Trinajstić information content (AvgIpc) is 2.38. The predicted molar refractivity (Wildman–Crippen MR) is 78.4 cm³/mol. The van der Waals surface area contributed by atoms with E-state index < -0.39 is 0 Å². The molecule has 0 spiro atoms. The van der Waals surface area contributed by atoms with Crippen LogP contribution in [0.3, 0.4) is 0 Å². The molecule has 1 aliphatic rings. The lowest BCUT2D eigenvalue weighted by atomic mass is 10.2. The van der Waals surface area contributed by atoms with Gasteiger partial charge >= 0.3 is 0 Å². The Kier molecular flexibility index (Phi) is 2.87. The normalized spacial score (nSPS) is 13.9. The topological polar surface area (TPSA) is 71.2 Å². The molecule has 0 saturated heterocycles. The van der Waals surface area contributed by atoms with Crippen molar-refractivity contribution in [3.8, 4) is 0 Å². The van der Waals surface area contributed by atoms with Crippen LogP contribution in [0.5, 0.6) is 0 Å². The Morgan fingerprint density at radius 3 is 2.95 bits per heavy atom. The molecule has 5 nitrogen and oxygen atoms in total. The van der Waals surface area contributed by atoms with Gasteiger partial charge in [-0.05, 0) is 34.1 Å². The Balaban J connectivity index is 2.12. The highest BCUT2D eigenvalue weighted by atomic mass is 79.9. The molecule has 0 fully saturated rings. The molecule has 1 aromatic carbocycles. The van der Waals surface area contributed by atoms with Crippen LogP contribution in [0, 0.1) is 0 Å². The van der Waals surface area contributed by atoms with Gasteiger partial charge < -0.3 is 16.0 Å². The zero-order valence-corrected chi connectivity index (χ0v) is 11.5. The largest absolute Gasteiger partial charge is 0.397 e. The van der Waals surface area contributed by atoms with Crippen molar-refractivity contribution in [3.05, 3.63) is 41.0 Å². The van der Waals surface area contributed by atoms with Crippen molar-refractivity contribution in [2.24, 2.45) is 0 Å². The average molecular weight is 319 g/mol. The number of amides is 1. The molecule has 2 aromatic rings. The minimum Gasteiger partial charge on any atom is -0.397 e. The van der Waals surface area contributed by atoms with Crippen LogP contribution in [0.25, 0.3) is 0 Å². The van der Waals surface area contributed by atoms with Gasteiger partial charge in [0.1, 0.15) is 12.4 Å². The number of carbonyl (C=O) groups is 1. The van der Waals surface area contributed by atoms with Gasteiger partial charge in [-0.2, -0.15) is 0 Å². The third-order valence-corrected chi connectivity index (χ3v) is 3.45. The summed E-state index contributed by atoms with van der Waals surface area (Å²) in [6.45, 7) is 0.229. The van der Waals surface area contributed by atoms with Gasteiger partial charge in [-0.15, -0.1) is 0 Å². The standard InChI is InChI=1S/C13H11BrN4O/c14-9-5-8(15)6-16-13(9)18-7-12(19)17-10-3-1-2-4-11(10)18/h1-6H,7,15H2,(H,17,19). The molecule has 0 unspecified atom stereocenters. The van der Waals surface area contributed by atoms with E-state index in [0.29, 0.717) is 11.5 Å². The van der Waals surface area contributed by atoms with Crippen molar-refractivity contribution < 1.29 is 4.79 Å². The highest BCUT2D eigenvalue weighted by molar-refractivity contribution is 9.10. The highest BCUT2D eigenvalue weighted by Crippen LogP contribution is 2.37. The maximum absolute atomic E-state index is 11.8. The number of hydrogen-bond acceptors (Lipinski definition) is 4. The van der Waals surface area contributed by atoms with Crippen LogP contribution < -0.4 is 16.0 Å². The molecule has 1 amide bonds. The summed E-state index contributed by atoms with van der Waals surface area (Å²) in [6.07, 6.45) is 1.58. The first-order valence-electron chi connectivity index (χ1n) is 5.72. The summed E-state index contributed by atoms with van der Waals surface area (Å²) in [7, 11) is 0. The van der Waals surface area contributed by atoms with Crippen LogP contribution in [0.1, 0.15) is 0 Å². The maximum atomic E-state index is 11.8. The fraction of sp³-hybridized carbons (Fsp3) is 0.0769. The number of nitrogens with one attached hydrogen (secondary N) is 1. The number of nitrogens with zero attached hydrogens (tertiary/aromatic N) is 2. The second-order valence-electron chi connectivity index (χ2n) is 4.23. The molecule has 96 valence electrons. The molecule has 1 aliphatic heterocycles. The molecule has 6 heteroatoms. The minimum absolute atomic E-state index is 0.0655. The van der Waals surface area contributed by atoms with E-state index in [9.17, 15) is 4.79 Å². The number of rotatable bonds is 1. The Bertz CT molecular complexity index is 659. The third kappa shape index (κ3) is 2.15.